The summed E-state index contributed by atoms with van der Waals surface area (Å²) in [6.45, 7) is 14.8. The average Bonchev–Trinajstić information content (AvgIpc) is 1.60. The van der Waals surface area contributed by atoms with E-state index < -0.39 is 59.8 Å². The van der Waals surface area contributed by atoms with Gasteiger partial charge in [-0.25, -0.2) is 48.8 Å². The summed E-state index contributed by atoms with van der Waals surface area (Å²) in [5, 5.41) is 0. The molecule has 6 saturated carbocycles. The summed E-state index contributed by atoms with van der Waals surface area (Å²) in [4.78, 5) is 154. The third kappa shape index (κ3) is 22.5. The van der Waals surface area contributed by atoms with Gasteiger partial charge in [-0.3, -0.25) is 28.8 Å². The number of methoxy groups -OCH3 is 3. The number of hydrogen-bond donors (Lipinski definition) is 0. The molecule has 30 heteroatoms. The Balaban J connectivity index is 0.000000166. The molecule has 3 aromatic heterocycles. The van der Waals surface area contributed by atoms with Gasteiger partial charge >= 0.3 is 17.9 Å². The molecule has 3 radical (unpaired) electrons. The number of ether oxygens (including phenoxy) is 9. The number of rotatable bonds is 9. The van der Waals surface area contributed by atoms with Crippen molar-refractivity contribution in [3.8, 4) is 34.9 Å². The molecule has 0 unspecified atom stereocenters. The Labute approximate surface area is 812 Å². The van der Waals surface area contributed by atoms with Gasteiger partial charge in [0, 0.05) is 79.8 Å². The fraction of sp³-hybridized carbons (Fsp3) is 0.676. The van der Waals surface area contributed by atoms with Crippen LogP contribution >= 0.6 is 0 Å². The van der Waals surface area contributed by atoms with E-state index >= 15 is 0 Å². The van der Waals surface area contributed by atoms with E-state index in [-0.39, 0.29) is 176 Å². The predicted molar refractivity (Wildman–Crippen MR) is 481 cm³/mol. The largest absolute Gasteiger partial charge is 0.540 e. The van der Waals surface area contributed by atoms with Crippen molar-refractivity contribution in [1.82, 2.24) is 44.6 Å². The topological polar surface area (TPSA) is 324 Å². The maximum atomic E-state index is 14.4. The minimum absolute atomic E-state index is 0. The first-order valence-corrected chi connectivity index (χ1v) is 48.4. The maximum Gasteiger partial charge on any atom is 0.307 e. The van der Waals surface area contributed by atoms with Crippen molar-refractivity contribution in [2.75, 3.05) is 41.0 Å². The Morgan fingerprint density at radius 2 is 0.697 bits per heavy atom. The number of benzene rings is 3. The fourth-order valence-corrected chi connectivity index (χ4v) is 23.3. The smallest absolute Gasteiger partial charge is 0.307 e. The van der Waals surface area contributed by atoms with Gasteiger partial charge in [0.15, 0.2) is 0 Å². The van der Waals surface area contributed by atoms with E-state index in [0.717, 1.165) is 220 Å². The van der Waals surface area contributed by atoms with Crippen LogP contribution in [0.3, 0.4) is 0 Å². The van der Waals surface area contributed by atoms with E-state index in [4.69, 9.17) is 72.5 Å². The van der Waals surface area contributed by atoms with Gasteiger partial charge < -0.3 is 71.7 Å². The second-order valence-electron chi connectivity index (χ2n) is 40.8. The van der Waals surface area contributed by atoms with Crippen molar-refractivity contribution in [2.45, 2.75) is 327 Å². The van der Waals surface area contributed by atoms with Crippen molar-refractivity contribution in [2.24, 2.45) is 69.5 Å². The number of aryl methyl sites for hydroxylation is 3. The number of esters is 3. The van der Waals surface area contributed by atoms with Crippen molar-refractivity contribution in [3.05, 3.63) is 71.7 Å². The predicted octanol–water partition coefficient (Wildman–Crippen LogP) is 16.1. The first-order valence-electron chi connectivity index (χ1n) is 48.4. The van der Waals surface area contributed by atoms with Gasteiger partial charge in [-0.1, -0.05) is 137 Å². The van der Waals surface area contributed by atoms with Crippen molar-refractivity contribution in [3.63, 3.8) is 0 Å². The van der Waals surface area contributed by atoms with Gasteiger partial charge in [0.05, 0.1) is 111 Å². The Bertz CT molecular complexity index is 5110. The van der Waals surface area contributed by atoms with Crippen LogP contribution in [-0.4, -0.2) is 194 Å². The molecular weight excluding hydrogens is 1790 g/mol. The normalized spacial score (nSPS) is 31.3. The van der Waals surface area contributed by atoms with Crippen LogP contribution < -0.4 is 28.4 Å². The van der Waals surface area contributed by atoms with Crippen LogP contribution in [0.2, 0.25) is 0 Å². The molecule has 27 nitrogen and oxygen atoms in total. The molecule has 6 aliphatic heterocycles. The molecule has 18 rings (SSSR count). The molecule has 6 aliphatic carbocycles. The summed E-state index contributed by atoms with van der Waals surface area (Å²) in [6.07, 6.45) is 35.3. The summed E-state index contributed by atoms with van der Waals surface area (Å²) in [7, 11) is 4.85. The number of carbonyl (C=O) groups excluding carboxylic acids is 9. The van der Waals surface area contributed by atoms with Gasteiger partial charge in [-0.2, -0.15) is 0 Å². The maximum absolute atomic E-state index is 14.4. The van der Waals surface area contributed by atoms with E-state index in [0.29, 0.717) is 88.5 Å². The third-order valence-corrected chi connectivity index (χ3v) is 32.0. The van der Waals surface area contributed by atoms with Gasteiger partial charge in [-0.05, 0) is 218 Å². The summed E-state index contributed by atoms with van der Waals surface area (Å²) < 4.78 is 54.0. The van der Waals surface area contributed by atoms with E-state index in [9.17, 15) is 43.2 Å². The fourth-order valence-electron chi connectivity index (χ4n) is 23.3. The number of nitrogens with zero attached hydrogens (tertiary/aromatic N) is 9. The minimum atomic E-state index is -0.773. The molecule has 18 atom stereocenters. The molecule has 6 bridgehead atoms. The molecule has 711 valence electrons. The molecule has 0 spiro atoms. The molecule has 12 aliphatic rings. The molecule has 0 N–H and O–H groups in total. The molecule has 9 fully saturated rings. The number of aromatic nitrogens is 6. The monoisotopic (exact) mass is 1920 g/mol. The Hall–Kier alpha value is -7.94. The number of hydrogen-bond acceptors (Lipinski definition) is 24. The summed E-state index contributed by atoms with van der Waals surface area (Å²) in [5.41, 5.74) is 5.25. The van der Waals surface area contributed by atoms with E-state index in [1.165, 1.54) is 0 Å². The Kier molecular flexibility index (Phi) is 33.9. The summed E-state index contributed by atoms with van der Waals surface area (Å²) in [6, 6.07) is 14.6. The SMILES string of the molecule is COc1ccc2nc3c(nc2c1)O[C@H]1CN(C(=O)[C@H](C2(C)CCCC2)CC(=O)O[C@@H]2CCC[C@H]2CCCCC3)[C@H]([C-]=O)[C@@H]1C.COc1ccc2nc3c(nc2c1)O[C@H]1CN(C(=O)[C@H](C2(C)CCCC2)CC(=O)O[C@@H]2C[C@H]2CCCCC3)[C@H]([C-]=O)[C@@H]1C.COc1ccc2nc3c(nc2c1)O[C@H]1CN(C(=O)[C@H](C2(C)CCCC2)CC(=O)O[C@]2(C)C[C@H]2CCCCC3)[C@H]([C-]=O)[C@@H]1C.[V].[V].[V]. The molecule has 3 amide bonds. The molecule has 132 heavy (non-hydrogen) atoms. The second kappa shape index (κ2) is 44.0. The zero-order chi connectivity index (χ0) is 90.6. The van der Waals surface area contributed by atoms with Gasteiger partial charge in [0.25, 0.3) is 0 Å². The summed E-state index contributed by atoms with van der Waals surface area (Å²) >= 11 is 0. The van der Waals surface area contributed by atoms with Crippen molar-refractivity contribution < 1.29 is 141 Å². The van der Waals surface area contributed by atoms with Crippen molar-refractivity contribution in [1.29, 1.82) is 0 Å². The van der Waals surface area contributed by atoms with E-state index in [1.54, 1.807) is 36.0 Å². The van der Waals surface area contributed by atoms with Crippen LogP contribution in [-0.2, 0) is 132 Å². The third-order valence-electron chi connectivity index (χ3n) is 32.0. The zero-order valence-corrected chi connectivity index (χ0v) is 82.8. The standard InChI is InChI=1S/C35H46N3O6.C34H44N3O6.C33H42N3O6.3V/c1-22-29(21-39)38-20-31(22)44-33-27(36-26-15-14-24(42-3)18-28(26)37-33)12-6-4-5-10-23-11-9-13-30(23)43-32(40)19-25(34(38)41)35(2)16-7-8-17-35;1-21-28(20-38)37-19-29(21)42-31-26(35-25-13-12-23(41-4)16-27(25)36-31)11-7-5-6-10-22-18-34(22,3)43-30(39)17-24(32(37)40)33(2)14-8-9-15-33;1-20-27(19-37)36-18-29(20)42-31-25(34-24-12-11-22(40-3)16-26(24)35-31)10-6-4-5-9-21-15-28(21)41-30(38)17-23(32(36)39)33(2)13-7-8-14-33;;;/h14-15,18,22-23,25,29-31H,4-13,16-17,19-20H2,1-3H3;12-13,16,21-22,24,28-29H,5-11,14-15,17-19H2,1-4H3;11-12,16,20-21,23,27-29H,4-10,13-15,17-18H2,1-3H3;;;/q3*-1;;;/t22-,23+,25+,29+,30+,31-;21-,22+,24+,28+,29-,34+;20-,21+,23+,27+,28+,29-;;;/m000.../s1. The minimum Gasteiger partial charge on any atom is -0.540 e. The second-order valence-corrected chi connectivity index (χ2v) is 40.8. The van der Waals surface area contributed by atoms with Gasteiger partial charge in [0.1, 0.15) is 70.5 Å². The van der Waals surface area contributed by atoms with Crippen LogP contribution in [0, 0.1) is 69.5 Å². The molecule has 3 aromatic carbocycles. The van der Waals surface area contributed by atoms with Crippen LogP contribution in [0.25, 0.3) is 33.1 Å². The first-order chi connectivity index (χ1) is 62.2. The zero-order valence-electron chi connectivity index (χ0n) is 78.6. The van der Waals surface area contributed by atoms with Crippen molar-refractivity contribution >= 4 is 87.6 Å². The number of amides is 3. The molecular formula is C102H132N9O18V3-3. The Morgan fingerprint density at radius 3 is 1.05 bits per heavy atom. The van der Waals surface area contributed by atoms with E-state index in [1.807, 2.05) is 82.3 Å². The Morgan fingerprint density at radius 1 is 0.364 bits per heavy atom. The molecule has 6 aromatic rings. The molecule has 3 saturated heterocycles. The number of fused-ring (bicyclic) bond motifs is 15. The average molecular weight is 1930 g/mol. The van der Waals surface area contributed by atoms with Crippen LogP contribution in [0.5, 0.6) is 34.9 Å². The quantitative estimate of drug-likeness (QED) is 0.0737. The summed E-state index contributed by atoms with van der Waals surface area (Å²) in [5.74, 6) is 0.468. The van der Waals surface area contributed by atoms with Crippen LogP contribution in [0.4, 0.5) is 0 Å². The van der Waals surface area contributed by atoms with Gasteiger partial charge in [0.2, 0.25) is 35.4 Å². The van der Waals surface area contributed by atoms with Crippen LogP contribution in [0.1, 0.15) is 271 Å². The molecule has 9 heterocycles. The first kappa shape index (κ1) is 101. The van der Waals surface area contributed by atoms with Gasteiger partial charge in [-0.15, -0.1) is 0 Å². The number of carbonyl (C=O) groups is 6. The van der Waals surface area contributed by atoms with Crippen LogP contribution in [0.15, 0.2) is 54.6 Å². The van der Waals surface area contributed by atoms with E-state index in [2.05, 4.69) is 39.6 Å².